The number of aliphatic carboxylic acids is 1. The summed E-state index contributed by atoms with van der Waals surface area (Å²) in [6, 6.07) is 1.80. The maximum atomic E-state index is 14.2. The Balaban J connectivity index is 2.66. The minimum Gasteiger partial charge on any atom is -0.481 e. The van der Waals surface area contributed by atoms with E-state index in [1.165, 1.54) is 13.0 Å². The Bertz CT molecular complexity index is 922. The van der Waals surface area contributed by atoms with Crippen molar-refractivity contribution in [2.75, 3.05) is 0 Å². The Kier molecular flexibility index (Phi) is 6.05. The molecule has 0 aromatic heterocycles. The molecular formula is C19H16F3NO4. The van der Waals surface area contributed by atoms with Crippen molar-refractivity contribution in [3.8, 4) is 6.07 Å². The van der Waals surface area contributed by atoms with Gasteiger partial charge in [-0.15, -0.1) is 0 Å². The molecule has 1 heterocycles. The van der Waals surface area contributed by atoms with Crippen LogP contribution in [0.2, 0.25) is 0 Å². The third kappa shape index (κ3) is 4.03. The van der Waals surface area contributed by atoms with Crippen LogP contribution >= 0.6 is 0 Å². The number of benzene rings is 1. The van der Waals surface area contributed by atoms with Crippen molar-refractivity contribution in [1.29, 1.82) is 5.26 Å². The first kappa shape index (κ1) is 20.2. The quantitative estimate of drug-likeness (QED) is 0.584. The van der Waals surface area contributed by atoms with Gasteiger partial charge in [0.25, 0.3) is 0 Å². The van der Waals surface area contributed by atoms with Crippen LogP contribution in [0.4, 0.5) is 13.2 Å². The fourth-order valence-corrected chi connectivity index (χ4v) is 3.01. The van der Waals surface area contributed by atoms with Crippen LogP contribution in [0, 0.1) is 18.3 Å². The van der Waals surface area contributed by atoms with E-state index in [0.717, 1.165) is 0 Å². The van der Waals surface area contributed by atoms with Gasteiger partial charge in [-0.2, -0.15) is 14.0 Å². The van der Waals surface area contributed by atoms with Gasteiger partial charge < -0.3 is 9.84 Å². The van der Waals surface area contributed by atoms with E-state index in [9.17, 15) is 28.0 Å². The highest BCUT2D eigenvalue weighted by Crippen LogP contribution is 2.38. The third-order valence-electron chi connectivity index (χ3n) is 4.42. The van der Waals surface area contributed by atoms with Crippen LogP contribution in [0.15, 0.2) is 17.7 Å². The number of ether oxygens (including phenoxy) is 1. The molecule has 1 aliphatic rings. The molecule has 0 amide bonds. The Labute approximate surface area is 153 Å². The molecule has 1 aliphatic heterocycles. The first-order valence-corrected chi connectivity index (χ1v) is 8.03. The van der Waals surface area contributed by atoms with E-state index in [0.29, 0.717) is 5.57 Å². The highest BCUT2D eigenvalue weighted by Gasteiger charge is 2.33. The Morgan fingerprint density at radius 3 is 2.56 bits per heavy atom. The third-order valence-corrected chi connectivity index (χ3v) is 4.42. The average Bonchev–Trinajstić information content (AvgIpc) is 2.99. The highest BCUT2D eigenvalue weighted by molar-refractivity contribution is 5.98. The number of cyclic esters (lactones) is 1. The average molecular weight is 379 g/mol. The van der Waals surface area contributed by atoms with Crippen molar-refractivity contribution in [2.45, 2.75) is 39.7 Å². The first-order chi connectivity index (χ1) is 12.7. The normalized spacial score (nSPS) is 13.0. The molecule has 142 valence electrons. The molecule has 0 aliphatic carbocycles. The summed E-state index contributed by atoms with van der Waals surface area (Å²) in [6.45, 7) is 2.83. The van der Waals surface area contributed by atoms with Gasteiger partial charge in [-0.25, -0.2) is 9.18 Å². The van der Waals surface area contributed by atoms with Gasteiger partial charge in [0, 0.05) is 17.5 Å². The van der Waals surface area contributed by atoms with Crippen molar-refractivity contribution in [3.63, 3.8) is 0 Å². The lowest BCUT2D eigenvalue weighted by molar-refractivity contribution is -0.136. The number of fused-ring (bicyclic) bond motifs is 1. The number of hydrogen-bond acceptors (Lipinski definition) is 4. The van der Waals surface area contributed by atoms with Gasteiger partial charge in [0.2, 0.25) is 0 Å². The van der Waals surface area contributed by atoms with Crippen LogP contribution in [-0.2, 0) is 22.6 Å². The SMILES string of the molecule is CC(=CCc1c(C#N)c2c(c(C)c1C(F)=C(F)F)COC2=O)CCC(=O)O. The van der Waals surface area contributed by atoms with Gasteiger partial charge in [0.1, 0.15) is 12.7 Å². The summed E-state index contributed by atoms with van der Waals surface area (Å²) >= 11 is 0. The number of halogens is 3. The molecule has 2 rings (SSSR count). The number of nitriles is 1. The molecule has 0 saturated carbocycles. The molecular weight excluding hydrogens is 363 g/mol. The fraction of sp³-hybridized carbons (Fsp3) is 0.316. The summed E-state index contributed by atoms with van der Waals surface area (Å²) in [5, 5.41) is 18.2. The van der Waals surface area contributed by atoms with Crippen LogP contribution in [0.1, 0.15) is 57.9 Å². The Morgan fingerprint density at radius 2 is 2.00 bits per heavy atom. The summed E-state index contributed by atoms with van der Waals surface area (Å²) in [7, 11) is 0. The van der Waals surface area contributed by atoms with E-state index >= 15 is 0 Å². The van der Waals surface area contributed by atoms with Gasteiger partial charge in [-0.3, -0.25) is 4.79 Å². The smallest absolute Gasteiger partial charge is 0.340 e. The summed E-state index contributed by atoms with van der Waals surface area (Å²) in [6.07, 6.45) is -0.999. The number of esters is 1. The summed E-state index contributed by atoms with van der Waals surface area (Å²) in [5.41, 5.74) is 0.269. The van der Waals surface area contributed by atoms with Crippen LogP contribution < -0.4 is 0 Å². The molecule has 0 saturated heterocycles. The molecule has 0 fully saturated rings. The second kappa shape index (κ2) is 8.08. The standard InChI is InChI=1S/C19H16F3NO4/c1-9(4-6-14(24)25)3-5-11-12(7-23)16-13(8-27-19(16)26)10(2)15(11)17(20)18(21)22/h3H,4-6,8H2,1-2H3,(H,24,25). The van der Waals surface area contributed by atoms with E-state index in [-0.39, 0.29) is 53.7 Å². The highest BCUT2D eigenvalue weighted by atomic mass is 19.3. The monoisotopic (exact) mass is 379 g/mol. The van der Waals surface area contributed by atoms with Gasteiger partial charge >= 0.3 is 18.0 Å². The topological polar surface area (TPSA) is 87.4 Å². The number of carbonyl (C=O) groups is 2. The second-order valence-corrected chi connectivity index (χ2v) is 6.12. The van der Waals surface area contributed by atoms with Gasteiger partial charge in [0.05, 0.1) is 11.1 Å². The lowest BCUT2D eigenvalue weighted by Gasteiger charge is -2.15. The van der Waals surface area contributed by atoms with Crippen LogP contribution in [0.5, 0.6) is 0 Å². The van der Waals surface area contributed by atoms with Crippen molar-refractivity contribution < 1.29 is 32.6 Å². The zero-order valence-electron chi connectivity index (χ0n) is 14.7. The molecule has 0 atom stereocenters. The van der Waals surface area contributed by atoms with E-state index < -0.39 is 29.4 Å². The van der Waals surface area contributed by atoms with Crippen molar-refractivity contribution in [2.24, 2.45) is 0 Å². The van der Waals surface area contributed by atoms with Crippen LogP contribution in [0.25, 0.3) is 5.83 Å². The second-order valence-electron chi connectivity index (χ2n) is 6.12. The number of hydrogen-bond donors (Lipinski definition) is 1. The molecule has 5 nitrogen and oxygen atoms in total. The van der Waals surface area contributed by atoms with E-state index in [2.05, 4.69) is 0 Å². The largest absolute Gasteiger partial charge is 0.481 e. The van der Waals surface area contributed by atoms with E-state index in [1.54, 1.807) is 13.0 Å². The van der Waals surface area contributed by atoms with Gasteiger partial charge in [0.15, 0.2) is 5.83 Å². The molecule has 0 spiro atoms. The van der Waals surface area contributed by atoms with Crippen LogP contribution in [0.3, 0.4) is 0 Å². The molecule has 0 bridgehead atoms. The van der Waals surface area contributed by atoms with Gasteiger partial charge in [-0.05, 0) is 37.8 Å². The number of nitrogens with zero attached hydrogens (tertiary/aromatic N) is 1. The van der Waals surface area contributed by atoms with Crippen molar-refractivity contribution in [1.82, 2.24) is 0 Å². The minimum absolute atomic E-state index is 0.0302. The van der Waals surface area contributed by atoms with Gasteiger partial charge in [-0.1, -0.05) is 11.6 Å². The number of allylic oxidation sites excluding steroid dienone is 2. The molecule has 27 heavy (non-hydrogen) atoms. The van der Waals surface area contributed by atoms with Crippen molar-refractivity contribution in [3.05, 3.63) is 51.1 Å². The zero-order chi connectivity index (χ0) is 20.3. The van der Waals surface area contributed by atoms with Crippen molar-refractivity contribution >= 4 is 17.8 Å². The first-order valence-electron chi connectivity index (χ1n) is 8.03. The molecule has 8 heteroatoms. The molecule has 1 aromatic rings. The Hall–Kier alpha value is -3.08. The summed E-state index contributed by atoms with van der Waals surface area (Å²) in [4.78, 5) is 22.6. The maximum absolute atomic E-state index is 14.2. The van der Waals surface area contributed by atoms with E-state index in [4.69, 9.17) is 9.84 Å². The molecule has 0 unspecified atom stereocenters. The van der Waals surface area contributed by atoms with Crippen LogP contribution in [-0.4, -0.2) is 17.0 Å². The lowest BCUT2D eigenvalue weighted by Crippen LogP contribution is -2.08. The predicted octanol–water partition coefficient (Wildman–Crippen LogP) is 4.43. The Morgan fingerprint density at radius 1 is 1.33 bits per heavy atom. The minimum atomic E-state index is -2.53. The molecule has 1 aromatic carbocycles. The lowest BCUT2D eigenvalue weighted by atomic mass is 9.86. The number of carbonyl (C=O) groups excluding carboxylic acids is 1. The zero-order valence-corrected chi connectivity index (χ0v) is 14.7. The number of rotatable bonds is 6. The molecule has 0 radical (unpaired) electrons. The summed E-state index contributed by atoms with van der Waals surface area (Å²) < 4.78 is 45.1. The predicted molar refractivity (Wildman–Crippen MR) is 89.6 cm³/mol. The number of carboxylic acids is 1. The fourth-order valence-electron chi connectivity index (χ4n) is 3.01. The maximum Gasteiger partial charge on any atom is 0.340 e. The summed E-state index contributed by atoms with van der Waals surface area (Å²) in [5.74, 6) is -3.50. The van der Waals surface area contributed by atoms with E-state index in [1.807, 2.05) is 0 Å². The molecule has 1 N–H and O–H groups in total. The number of carboxylic acid groups (broad SMARTS) is 1.